The molecule has 0 unspecified atom stereocenters. The van der Waals surface area contributed by atoms with Crippen LogP contribution in [0.3, 0.4) is 0 Å². The van der Waals surface area contributed by atoms with Gasteiger partial charge in [0.1, 0.15) is 0 Å². The van der Waals surface area contributed by atoms with Crippen molar-refractivity contribution < 1.29 is 4.79 Å². The minimum atomic E-state index is -0.748. The summed E-state index contributed by atoms with van der Waals surface area (Å²) in [5.74, 6) is 0.215. The normalized spacial score (nSPS) is 11.9. The molecule has 0 aliphatic rings. The summed E-state index contributed by atoms with van der Waals surface area (Å²) in [6.07, 6.45) is 1.70. The molecule has 1 heterocycles. The van der Waals surface area contributed by atoms with E-state index in [1.54, 1.807) is 27.1 Å². The zero-order chi connectivity index (χ0) is 11.6. The van der Waals surface area contributed by atoms with E-state index < -0.39 is 5.54 Å². The summed E-state index contributed by atoms with van der Waals surface area (Å²) in [5.41, 5.74) is 0.147. The zero-order valence-corrected chi connectivity index (χ0v) is 9.90. The highest BCUT2D eigenvalue weighted by Crippen LogP contribution is 2.15. The average Bonchev–Trinajstić information content (AvgIpc) is 2.65. The quantitative estimate of drug-likeness (QED) is 0.805. The van der Waals surface area contributed by atoms with Crippen LogP contribution >= 0.6 is 0 Å². The number of nitrogens with one attached hydrogen (secondary N) is 1. The van der Waals surface area contributed by atoms with Gasteiger partial charge in [0, 0.05) is 7.05 Å². The van der Waals surface area contributed by atoms with Gasteiger partial charge in [-0.05, 0) is 19.8 Å². The Balaban J connectivity index is 3.00. The molecule has 0 aliphatic heterocycles. The van der Waals surface area contributed by atoms with Gasteiger partial charge < -0.3 is 5.32 Å². The first-order valence-electron chi connectivity index (χ1n) is 5.04. The first-order chi connectivity index (χ1) is 6.89. The molecular formula is C10H18N4O. The lowest BCUT2D eigenvalue weighted by Crippen LogP contribution is -2.44. The second kappa shape index (κ2) is 4.00. The molecule has 0 aromatic carbocycles. The highest BCUT2D eigenvalue weighted by Gasteiger charge is 2.31. The predicted octanol–water partition coefficient (Wildman–Crippen LogP) is 0.883. The van der Waals surface area contributed by atoms with E-state index in [0.29, 0.717) is 5.92 Å². The maximum Gasteiger partial charge on any atom is 0.249 e. The monoisotopic (exact) mass is 210 g/mol. The fourth-order valence-corrected chi connectivity index (χ4v) is 1.21. The Hall–Kier alpha value is -1.39. The fraction of sp³-hybridized carbons (Fsp3) is 0.700. The molecule has 0 atom stereocenters. The summed E-state index contributed by atoms with van der Waals surface area (Å²) in [5, 5.41) is 11.0. The molecule has 0 saturated heterocycles. The average molecular weight is 210 g/mol. The van der Waals surface area contributed by atoms with Crippen molar-refractivity contribution in [2.45, 2.75) is 39.2 Å². The number of hydrogen-bond donors (Lipinski definition) is 1. The molecule has 0 fully saturated rings. The SMILES string of the molecule is CNC(=O)C(C)(C)n1ncc(C(C)C)n1. The van der Waals surface area contributed by atoms with Crippen LogP contribution in [0.15, 0.2) is 6.20 Å². The third kappa shape index (κ3) is 2.16. The van der Waals surface area contributed by atoms with E-state index in [-0.39, 0.29) is 5.91 Å². The Morgan fingerprint density at radius 3 is 2.53 bits per heavy atom. The number of hydrogen-bond acceptors (Lipinski definition) is 3. The van der Waals surface area contributed by atoms with Crippen LogP contribution in [0.1, 0.15) is 39.3 Å². The maximum atomic E-state index is 11.6. The summed E-state index contributed by atoms with van der Waals surface area (Å²) in [7, 11) is 1.61. The summed E-state index contributed by atoms with van der Waals surface area (Å²) >= 11 is 0. The first-order valence-corrected chi connectivity index (χ1v) is 5.04. The van der Waals surface area contributed by atoms with Gasteiger partial charge in [0.15, 0.2) is 5.54 Å². The van der Waals surface area contributed by atoms with Crippen molar-refractivity contribution in [2.24, 2.45) is 0 Å². The molecular weight excluding hydrogens is 192 g/mol. The van der Waals surface area contributed by atoms with Gasteiger partial charge in [0.05, 0.1) is 11.9 Å². The molecule has 1 rings (SSSR count). The van der Waals surface area contributed by atoms with Crippen LogP contribution in [0.2, 0.25) is 0 Å². The van der Waals surface area contributed by atoms with Crippen LogP contribution in [0.4, 0.5) is 0 Å². The van der Waals surface area contributed by atoms with Crippen molar-refractivity contribution in [2.75, 3.05) is 7.05 Å². The van der Waals surface area contributed by atoms with E-state index in [1.165, 1.54) is 4.80 Å². The molecule has 0 aliphatic carbocycles. The molecule has 5 nitrogen and oxygen atoms in total. The molecule has 1 amide bonds. The van der Waals surface area contributed by atoms with Crippen LogP contribution < -0.4 is 5.32 Å². The van der Waals surface area contributed by atoms with E-state index in [9.17, 15) is 4.79 Å². The van der Waals surface area contributed by atoms with Crippen molar-refractivity contribution in [3.8, 4) is 0 Å². The third-order valence-electron chi connectivity index (χ3n) is 2.38. The van der Waals surface area contributed by atoms with Crippen LogP contribution in [-0.2, 0) is 10.3 Å². The van der Waals surface area contributed by atoms with Gasteiger partial charge in [-0.3, -0.25) is 4.79 Å². The zero-order valence-electron chi connectivity index (χ0n) is 9.90. The number of carbonyl (C=O) groups is 1. The largest absolute Gasteiger partial charge is 0.357 e. The minimum Gasteiger partial charge on any atom is -0.357 e. The highest BCUT2D eigenvalue weighted by atomic mass is 16.2. The molecule has 0 radical (unpaired) electrons. The number of likely N-dealkylation sites (N-methyl/N-ethyl adjacent to an activating group) is 1. The van der Waals surface area contributed by atoms with Crippen LogP contribution in [0, 0.1) is 0 Å². The lowest BCUT2D eigenvalue weighted by molar-refractivity contribution is -0.128. The smallest absolute Gasteiger partial charge is 0.249 e. The first kappa shape index (κ1) is 11.7. The van der Waals surface area contributed by atoms with Gasteiger partial charge in [-0.2, -0.15) is 15.0 Å². The van der Waals surface area contributed by atoms with Crippen LogP contribution in [0.25, 0.3) is 0 Å². The van der Waals surface area contributed by atoms with Crippen LogP contribution in [-0.4, -0.2) is 27.9 Å². The van der Waals surface area contributed by atoms with E-state index in [1.807, 2.05) is 13.8 Å². The fourth-order valence-electron chi connectivity index (χ4n) is 1.21. The predicted molar refractivity (Wildman–Crippen MR) is 57.5 cm³/mol. The maximum absolute atomic E-state index is 11.6. The van der Waals surface area contributed by atoms with Gasteiger partial charge in [-0.25, -0.2) is 0 Å². The molecule has 1 N–H and O–H groups in total. The van der Waals surface area contributed by atoms with Gasteiger partial charge >= 0.3 is 0 Å². The number of carbonyl (C=O) groups excluding carboxylic acids is 1. The molecule has 0 saturated carbocycles. The number of rotatable bonds is 3. The van der Waals surface area contributed by atoms with Gasteiger partial charge in [-0.1, -0.05) is 13.8 Å². The molecule has 5 heteroatoms. The molecule has 84 valence electrons. The highest BCUT2D eigenvalue weighted by molar-refractivity contribution is 5.82. The molecule has 0 bridgehead atoms. The molecule has 1 aromatic rings. The number of amides is 1. The summed E-state index contributed by atoms with van der Waals surface area (Å²) in [6, 6.07) is 0. The van der Waals surface area contributed by atoms with E-state index in [4.69, 9.17) is 0 Å². The summed E-state index contributed by atoms with van der Waals surface area (Å²) in [6.45, 7) is 7.66. The van der Waals surface area contributed by atoms with Gasteiger partial charge in [0.25, 0.3) is 0 Å². The topological polar surface area (TPSA) is 59.8 Å². The Bertz CT molecular complexity index is 354. The standard InChI is InChI=1S/C10H18N4O/c1-7(2)8-6-12-14(13-8)10(3,4)9(15)11-5/h6-7H,1-5H3,(H,11,15). The second-order valence-corrected chi connectivity index (χ2v) is 4.35. The van der Waals surface area contributed by atoms with E-state index in [0.717, 1.165) is 5.69 Å². The van der Waals surface area contributed by atoms with Crippen molar-refractivity contribution in [3.05, 3.63) is 11.9 Å². The Kier molecular flexibility index (Phi) is 3.12. The Morgan fingerprint density at radius 2 is 2.13 bits per heavy atom. The van der Waals surface area contributed by atoms with Gasteiger partial charge in [0.2, 0.25) is 5.91 Å². The van der Waals surface area contributed by atoms with Crippen molar-refractivity contribution in [1.29, 1.82) is 0 Å². The summed E-state index contributed by atoms with van der Waals surface area (Å²) < 4.78 is 0. The molecule has 1 aromatic heterocycles. The minimum absolute atomic E-state index is 0.103. The lowest BCUT2D eigenvalue weighted by atomic mass is 10.1. The Morgan fingerprint density at radius 1 is 1.53 bits per heavy atom. The lowest BCUT2D eigenvalue weighted by Gasteiger charge is -2.21. The third-order valence-corrected chi connectivity index (χ3v) is 2.38. The van der Waals surface area contributed by atoms with Crippen molar-refractivity contribution >= 4 is 5.91 Å². The van der Waals surface area contributed by atoms with Crippen molar-refractivity contribution in [3.63, 3.8) is 0 Å². The van der Waals surface area contributed by atoms with Crippen molar-refractivity contribution in [1.82, 2.24) is 20.3 Å². The van der Waals surface area contributed by atoms with Gasteiger partial charge in [-0.15, -0.1) is 0 Å². The second-order valence-electron chi connectivity index (χ2n) is 4.35. The molecule has 0 spiro atoms. The van der Waals surface area contributed by atoms with Crippen LogP contribution in [0.5, 0.6) is 0 Å². The molecule has 15 heavy (non-hydrogen) atoms. The Labute approximate surface area is 89.9 Å². The number of nitrogens with zero attached hydrogens (tertiary/aromatic N) is 3. The van der Waals surface area contributed by atoms with E-state index >= 15 is 0 Å². The number of aromatic nitrogens is 3. The summed E-state index contributed by atoms with van der Waals surface area (Å²) in [4.78, 5) is 13.1. The van der Waals surface area contributed by atoms with E-state index in [2.05, 4.69) is 15.5 Å².